The standard InChI is InChI=1S/C12H14Cl3NO/c13-6-10-8-16(4-5-17-10)7-9-2-1-3-11(14)12(9)15/h1-3,10H,4-8H2. The van der Waals surface area contributed by atoms with Crippen LogP contribution in [0.5, 0.6) is 0 Å². The Bertz CT molecular complexity index is 386. The lowest BCUT2D eigenvalue weighted by atomic mass is 10.2. The smallest absolute Gasteiger partial charge is 0.0837 e. The molecule has 0 N–H and O–H groups in total. The highest BCUT2D eigenvalue weighted by atomic mass is 35.5. The number of rotatable bonds is 3. The third-order valence-corrected chi connectivity index (χ3v) is 4.02. The quantitative estimate of drug-likeness (QED) is 0.792. The van der Waals surface area contributed by atoms with Crippen LogP contribution >= 0.6 is 34.8 Å². The summed E-state index contributed by atoms with van der Waals surface area (Å²) in [7, 11) is 0. The van der Waals surface area contributed by atoms with Crippen molar-refractivity contribution < 1.29 is 4.74 Å². The van der Waals surface area contributed by atoms with E-state index >= 15 is 0 Å². The number of halogens is 3. The number of hydrogen-bond donors (Lipinski definition) is 0. The molecule has 0 saturated carbocycles. The number of nitrogens with zero attached hydrogens (tertiary/aromatic N) is 1. The topological polar surface area (TPSA) is 12.5 Å². The van der Waals surface area contributed by atoms with Gasteiger partial charge in [-0.1, -0.05) is 35.3 Å². The number of hydrogen-bond acceptors (Lipinski definition) is 2. The maximum Gasteiger partial charge on any atom is 0.0837 e. The molecule has 1 fully saturated rings. The molecular weight excluding hydrogens is 280 g/mol. The van der Waals surface area contributed by atoms with Gasteiger partial charge in [-0.3, -0.25) is 4.90 Å². The van der Waals surface area contributed by atoms with E-state index in [1.807, 2.05) is 12.1 Å². The SMILES string of the molecule is ClCC1CN(Cc2cccc(Cl)c2Cl)CCO1. The number of benzene rings is 1. The normalized spacial score (nSPS) is 21.7. The fraction of sp³-hybridized carbons (Fsp3) is 0.500. The van der Waals surface area contributed by atoms with E-state index in [1.165, 1.54) is 0 Å². The molecule has 1 unspecified atom stereocenters. The van der Waals surface area contributed by atoms with Crippen LogP contribution in [-0.2, 0) is 11.3 Å². The summed E-state index contributed by atoms with van der Waals surface area (Å²) in [5, 5.41) is 1.24. The maximum atomic E-state index is 6.17. The van der Waals surface area contributed by atoms with Gasteiger partial charge in [-0.25, -0.2) is 0 Å². The lowest BCUT2D eigenvalue weighted by molar-refractivity contribution is -0.0193. The maximum absolute atomic E-state index is 6.17. The first-order chi connectivity index (χ1) is 8.20. The van der Waals surface area contributed by atoms with Gasteiger partial charge in [-0.15, -0.1) is 11.6 Å². The molecule has 1 aromatic carbocycles. The number of morpholine rings is 1. The first-order valence-corrected chi connectivity index (χ1v) is 6.82. The first kappa shape index (κ1) is 13.4. The Balaban J connectivity index is 2.02. The predicted octanol–water partition coefficient (Wildman–Crippen LogP) is 3.43. The van der Waals surface area contributed by atoms with E-state index in [1.54, 1.807) is 6.07 Å². The van der Waals surface area contributed by atoms with E-state index in [9.17, 15) is 0 Å². The largest absolute Gasteiger partial charge is 0.374 e. The minimum Gasteiger partial charge on any atom is -0.374 e. The van der Waals surface area contributed by atoms with Crippen LogP contribution in [0.2, 0.25) is 10.0 Å². The molecule has 1 aliphatic rings. The van der Waals surface area contributed by atoms with Crippen LogP contribution in [-0.4, -0.2) is 36.6 Å². The second-order valence-corrected chi connectivity index (χ2v) is 5.19. The molecule has 5 heteroatoms. The summed E-state index contributed by atoms with van der Waals surface area (Å²) in [6, 6.07) is 5.72. The van der Waals surface area contributed by atoms with Gasteiger partial charge in [0.2, 0.25) is 0 Å². The van der Waals surface area contributed by atoms with Crippen molar-refractivity contribution in [2.45, 2.75) is 12.6 Å². The molecule has 0 radical (unpaired) electrons. The number of alkyl halides is 1. The van der Waals surface area contributed by atoms with Crippen molar-refractivity contribution in [3.8, 4) is 0 Å². The summed E-state index contributed by atoms with van der Waals surface area (Å²) in [6.07, 6.45) is 0.114. The summed E-state index contributed by atoms with van der Waals surface area (Å²) in [5.41, 5.74) is 1.05. The van der Waals surface area contributed by atoms with Gasteiger partial charge in [0, 0.05) is 25.5 Å². The molecule has 1 heterocycles. The van der Waals surface area contributed by atoms with Gasteiger partial charge in [-0.05, 0) is 11.6 Å². The van der Waals surface area contributed by atoms with E-state index in [2.05, 4.69) is 4.90 Å². The van der Waals surface area contributed by atoms with Crippen molar-refractivity contribution >= 4 is 34.8 Å². The Morgan fingerprint density at radius 1 is 1.35 bits per heavy atom. The molecule has 0 amide bonds. The van der Waals surface area contributed by atoms with Crippen molar-refractivity contribution in [3.05, 3.63) is 33.8 Å². The van der Waals surface area contributed by atoms with E-state index in [0.717, 1.165) is 31.8 Å². The van der Waals surface area contributed by atoms with E-state index in [4.69, 9.17) is 39.5 Å². The van der Waals surface area contributed by atoms with Crippen LogP contribution < -0.4 is 0 Å². The average molecular weight is 295 g/mol. The summed E-state index contributed by atoms with van der Waals surface area (Å²) in [5.74, 6) is 0.528. The molecule has 94 valence electrons. The molecule has 1 aromatic rings. The van der Waals surface area contributed by atoms with E-state index in [0.29, 0.717) is 15.9 Å². The Hall–Kier alpha value is 0.01000. The zero-order valence-electron chi connectivity index (χ0n) is 9.33. The highest BCUT2D eigenvalue weighted by Crippen LogP contribution is 2.26. The molecule has 0 spiro atoms. The number of ether oxygens (including phenoxy) is 1. The van der Waals surface area contributed by atoms with Crippen LogP contribution in [0.3, 0.4) is 0 Å². The summed E-state index contributed by atoms with van der Waals surface area (Å²) in [6.45, 7) is 3.24. The molecule has 1 atom stereocenters. The predicted molar refractivity (Wildman–Crippen MR) is 72.2 cm³/mol. The Morgan fingerprint density at radius 3 is 2.94 bits per heavy atom. The van der Waals surface area contributed by atoms with Crippen molar-refractivity contribution in [2.24, 2.45) is 0 Å². The lowest BCUT2D eigenvalue weighted by Gasteiger charge is -2.32. The van der Waals surface area contributed by atoms with Crippen LogP contribution in [0.4, 0.5) is 0 Å². The van der Waals surface area contributed by atoms with Crippen molar-refractivity contribution in [1.82, 2.24) is 4.90 Å². The van der Waals surface area contributed by atoms with Gasteiger partial charge >= 0.3 is 0 Å². The summed E-state index contributed by atoms with van der Waals surface area (Å²) < 4.78 is 5.52. The van der Waals surface area contributed by atoms with Crippen LogP contribution in [0, 0.1) is 0 Å². The highest BCUT2D eigenvalue weighted by Gasteiger charge is 2.20. The third kappa shape index (κ3) is 3.49. The molecular formula is C12H14Cl3NO. The highest BCUT2D eigenvalue weighted by molar-refractivity contribution is 6.42. The van der Waals surface area contributed by atoms with Gasteiger partial charge in [0.05, 0.1) is 22.8 Å². The van der Waals surface area contributed by atoms with Crippen LogP contribution in [0.15, 0.2) is 18.2 Å². The Kier molecular flexibility index (Phi) is 4.95. The van der Waals surface area contributed by atoms with Crippen molar-refractivity contribution in [1.29, 1.82) is 0 Å². The zero-order valence-corrected chi connectivity index (χ0v) is 11.6. The zero-order chi connectivity index (χ0) is 12.3. The summed E-state index contributed by atoms with van der Waals surface area (Å²) in [4.78, 5) is 2.29. The van der Waals surface area contributed by atoms with Crippen molar-refractivity contribution in [3.63, 3.8) is 0 Å². The van der Waals surface area contributed by atoms with Gasteiger partial charge in [0.25, 0.3) is 0 Å². The van der Waals surface area contributed by atoms with E-state index < -0.39 is 0 Å². The molecule has 2 nitrogen and oxygen atoms in total. The molecule has 17 heavy (non-hydrogen) atoms. The van der Waals surface area contributed by atoms with Crippen molar-refractivity contribution in [2.75, 3.05) is 25.6 Å². The van der Waals surface area contributed by atoms with Gasteiger partial charge < -0.3 is 4.74 Å². The molecule has 0 aliphatic carbocycles. The lowest BCUT2D eigenvalue weighted by Crippen LogP contribution is -2.42. The minimum atomic E-state index is 0.114. The Morgan fingerprint density at radius 2 is 2.18 bits per heavy atom. The van der Waals surface area contributed by atoms with Crippen LogP contribution in [0.1, 0.15) is 5.56 Å². The monoisotopic (exact) mass is 293 g/mol. The molecule has 1 saturated heterocycles. The van der Waals surface area contributed by atoms with Gasteiger partial charge in [-0.2, -0.15) is 0 Å². The second-order valence-electron chi connectivity index (χ2n) is 4.10. The fourth-order valence-corrected chi connectivity index (χ4v) is 2.50. The molecule has 0 bridgehead atoms. The first-order valence-electron chi connectivity index (χ1n) is 5.53. The molecule has 0 aromatic heterocycles. The minimum absolute atomic E-state index is 0.114. The average Bonchev–Trinajstić information content (AvgIpc) is 2.35. The third-order valence-electron chi connectivity index (χ3n) is 2.82. The Labute approximate surface area is 116 Å². The van der Waals surface area contributed by atoms with Crippen LogP contribution in [0.25, 0.3) is 0 Å². The fourth-order valence-electron chi connectivity index (χ4n) is 1.93. The van der Waals surface area contributed by atoms with Gasteiger partial charge in [0.1, 0.15) is 0 Å². The molecule has 2 rings (SSSR count). The molecule has 1 aliphatic heterocycles. The van der Waals surface area contributed by atoms with E-state index in [-0.39, 0.29) is 6.10 Å². The van der Waals surface area contributed by atoms with Gasteiger partial charge in [0.15, 0.2) is 0 Å². The summed E-state index contributed by atoms with van der Waals surface area (Å²) >= 11 is 18.0. The second kappa shape index (κ2) is 6.26.